The van der Waals surface area contributed by atoms with Crippen molar-refractivity contribution in [1.82, 2.24) is 0 Å². The Morgan fingerprint density at radius 2 is 1.07 bits per heavy atom. The zero-order valence-corrected chi connectivity index (χ0v) is 22.1. The number of fused-ring (bicyclic) bond motifs is 7. The number of hydrogen-bond donors (Lipinski definition) is 0. The Labute approximate surface area is 292 Å². The van der Waals surface area contributed by atoms with E-state index in [-0.39, 0.29) is 0 Å². The van der Waals surface area contributed by atoms with E-state index in [2.05, 4.69) is 0 Å². The van der Waals surface area contributed by atoms with Gasteiger partial charge < -0.3 is 4.42 Å². The molecule has 9 rings (SSSR count). The van der Waals surface area contributed by atoms with E-state index in [4.69, 9.17) is 31.8 Å². The summed E-state index contributed by atoms with van der Waals surface area (Å²) in [4.78, 5) is 0. The van der Waals surface area contributed by atoms with Crippen molar-refractivity contribution in [2.24, 2.45) is 0 Å². The lowest BCUT2D eigenvalue weighted by molar-refractivity contribution is 0.673. The van der Waals surface area contributed by atoms with Gasteiger partial charge >= 0.3 is 0 Å². The fraction of sp³-hybridized carbons (Fsp3) is 0.0233. The molecule has 0 saturated carbocycles. The van der Waals surface area contributed by atoms with Crippen LogP contribution < -0.4 is 0 Å². The topological polar surface area (TPSA) is 13.1 Å². The molecule has 0 aliphatic carbocycles. The second-order valence-corrected chi connectivity index (χ2v) is 9.64. The summed E-state index contributed by atoms with van der Waals surface area (Å²) in [5, 5.41) is -4.06. The monoisotopic (exact) mass is 586 g/mol. The van der Waals surface area contributed by atoms with Crippen LogP contribution in [-0.2, 0) is 6.42 Å². The molecule has 1 heterocycles. The van der Waals surface area contributed by atoms with Crippen molar-refractivity contribution in [2.45, 2.75) is 6.42 Å². The highest BCUT2D eigenvalue weighted by Gasteiger charge is 2.20. The third-order valence-corrected chi connectivity index (χ3v) is 7.26. The lowest BCUT2D eigenvalue weighted by Crippen LogP contribution is -1.96. The molecule has 0 aliphatic heterocycles. The molecule has 0 amide bonds. The molecule has 0 radical (unpaired) electrons. The van der Waals surface area contributed by atoms with Crippen LogP contribution >= 0.6 is 0 Å². The molecule has 0 fully saturated rings. The highest BCUT2D eigenvalue weighted by atomic mass is 16.3. The Balaban J connectivity index is 1.53. The van der Waals surface area contributed by atoms with E-state index < -0.39 is 251 Å². The summed E-state index contributed by atoms with van der Waals surface area (Å²) in [6, 6.07) is -21.9. The van der Waals surface area contributed by atoms with Gasteiger partial charge in [-0.05, 0) is 78.8 Å². The summed E-state index contributed by atoms with van der Waals surface area (Å²) >= 11 is 0. The van der Waals surface area contributed by atoms with Crippen LogP contribution in [0.25, 0.3) is 76.5 Å². The first kappa shape index (κ1) is 10.2. The molecular formula is C43H28O. The van der Waals surface area contributed by atoms with Gasteiger partial charge in [0.2, 0.25) is 0 Å². The lowest BCUT2D eigenvalue weighted by Gasteiger charge is -2.18. The van der Waals surface area contributed by atoms with Crippen molar-refractivity contribution in [2.75, 3.05) is 0 Å². The standard InChI is InChI=1S/C43H28O/c1-2-11-29(12-3-1)30-23-21-28(22-24-30)27-39-33-15-6-8-17-35(33)41(36-18-9-7-16-34(36)39)37-19-10-20-40-42(37)38-26-25-31-13-4-5-14-32(31)43(38)44-40/h1-26H,27H2/i1D,2D,3D,4D,5D,6D,7D,8D,9D,10D,11D,12D,13D,14D,15D,16D,17D,18D,19D,20D,21D,22D,23D,24D,25D,26D. The van der Waals surface area contributed by atoms with Gasteiger partial charge in [-0.15, -0.1) is 0 Å². The average Bonchev–Trinajstić information content (AvgIpc) is 3.73. The second-order valence-electron chi connectivity index (χ2n) is 9.64. The van der Waals surface area contributed by atoms with Gasteiger partial charge in [-0.2, -0.15) is 0 Å². The minimum Gasteiger partial charge on any atom is -0.455 e. The third-order valence-electron chi connectivity index (χ3n) is 7.26. The molecule has 0 N–H and O–H groups in total. The summed E-state index contributed by atoms with van der Waals surface area (Å²) in [6.45, 7) is 0. The van der Waals surface area contributed by atoms with E-state index in [1.165, 1.54) is 0 Å². The Hall–Kier alpha value is -5.66. The third kappa shape index (κ3) is 3.87. The van der Waals surface area contributed by atoms with Gasteiger partial charge in [-0.3, -0.25) is 0 Å². The molecule has 0 aliphatic rings. The van der Waals surface area contributed by atoms with Crippen LogP contribution in [0.15, 0.2) is 162 Å². The molecular weight excluding hydrogens is 532 g/mol. The van der Waals surface area contributed by atoms with Gasteiger partial charge in [0.15, 0.2) is 0 Å². The summed E-state index contributed by atoms with van der Waals surface area (Å²) in [5.41, 5.74) is -4.57. The molecule has 44 heavy (non-hydrogen) atoms. The summed E-state index contributed by atoms with van der Waals surface area (Å²) < 4.78 is 236. The highest BCUT2D eigenvalue weighted by Crippen LogP contribution is 2.45. The van der Waals surface area contributed by atoms with Crippen LogP contribution in [0.4, 0.5) is 0 Å². The van der Waals surface area contributed by atoms with Crippen LogP contribution in [0.2, 0.25) is 0 Å². The Bertz CT molecular complexity index is 3850. The van der Waals surface area contributed by atoms with Crippen molar-refractivity contribution < 1.29 is 40.1 Å². The molecule has 1 nitrogen and oxygen atoms in total. The zero-order chi connectivity index (χ0) is 51.7. The SMILES string of the molecule is [2H]c1c([2H])c([2H])c(-c2c([2H])c([2H])c(Cc3c4c([2H])c([2H])c([2H])c([2H])c4c(-c4c([2H])c([2H])c([2H])c5oc6c7c([2H])c([2H])c([2H])c([2H])c7c([2H])c([2H])c6c45)c4c([2H])c([2H])c([2H])c([2H])c34)c([2H])c2[2H])c([2H])c1[2H]. The molecule has 9 aromatic rings. The molecule has 0 saturated heterocycles. The van der Waals surface area contributed by atoms with Gasteiger partial charge in [0, 0.05) is 16.2 Å². The van der Waals surface area contributed by atoms with Crippen LogP contribution in [0.5, 0.6) is 0 Å². The van der Waals surface area contributed by atoms with Crippen molar-refractivity contribution in [3.63, 3.8) is 0 Å². The van der Waals surface area contributed by atoms with Gasteiger partial charge in [-0.25, -0.2) is 0 Å². The highest BCUT2D eigenvalue weighted by molar-refractivity contribution is 6.24. The minimum absolute atomic E-state index is 0.413. The number of rotatable bonds is 4. The maximum absolute atomic E-state index is 9.47. The average molecular weight is 587 g/mol. The van der Waals surface area contributed by atoms with E-state index in [9.17, 15) is 8.22 Å². The summed E-state index contributed by atoms with van der Waals surface area (Å²) in [6.07, 6.45) is -0.888. The summed E-state index contributed by atoms with van der Waals surface area (Å²) in [7, 11) is 0. The predicted octanol–water partition coefficient (Wildman–Crippen LogP) is 12.0. The maximum atomic E-state index is 9.47. The molecule has 8 aromatic carbocycles. The smallest absolute Gasteiger partial charge is 0.143 e. The fourth-order valence-electron chi connectivity index (χ4n) is 5.39. The second kappa shape index (κ2) is 9.97. The van der Waals surface area contributed by atoms with Crippen LogP contribution in [0.1, 0.15) is 46.8 Å². The van der Waals surface area contributed by atoms with E-state index >= 15 is 0 Å². The molecule has 0 atom stereocenters. The van der Waals surface area contributed by atoms with Crippen molar-refractivity contribution >= 4 is 54.3 Å². The first-order valence-electron chi connectivity index (χ1n) is 26.1. The van der Waals surface area contributed by atoms with E-state index in [1.807, 2.05) is 0 Å². The maximum Gasteiger partial charge on any atom is 0.143 e. The first-order valence-corrected chi connectivity index (χ1v) is 13.1. The van der Waals surface area contributed by atoms with E-state index in [1.54, 1.807) is 0 Å². The van der Waals surface area contributed by atoms with Crippen molar-refractivity contribution in [1.29, 1.82) is 0 Å². The quantitative estimate of drug-likeness (QED) is 0.187. The van der Waals surface area contributed by atoms with Crippen LogP contribution in [-0.4, -0.2) is 0 Å². The van der Waals surface area contributed by atoms with Crippen LogP contribution in [0, 0.1) is 0 Å². The van der Waals surface area contributed by atoms with Gasteiger partial charge in [0.1, 0.15) is 11.2 Å². The number of furan rings is 1. The zero-order valence-electron chi connectivity index (χ0n) is 48.1. The lowest BCUT2D eigenvalue weighted by atomic mass is 9.85. The molecule has 206 valence electrons. The van der Waals surface area contributed by atoms with Gasteiger partial charge in [-0.1, -0.05) is 145 Å². The first-order chi connectivity index (χ1) is 32.6. The Kier molecular flexibility index (Phi) is 2.31. The normalized spacial score (nSPS) is 20.0. The largest absolute Gasteiger partial charge is 0.455 e. The summed E-state index contributed by atoms with van der Waals surface area (Å²) in [5.74, 6) is 0. The number of benzene rings is 8. The Morgan fingerprint density at radius 1 is 0.455 bits per heavy atom. The van der Waals surface area contributed by atoms with E-state index in [0.29, 0.717) is 0 Å². The minimum atomic E-state index is -0.920. The Morgan fingerprint density at radius 3 is 1.80 bits per heavy atom. The molecule has 0 unspecified atom stereocenters. The molecule has 1 heteroatoms. The van der Waals surface area contributed by atoms with Gasteiger partial charge in [0.05, 0.1) is 35.6 Å². The van der Waals surface area contributed by atoms with Crippen molar-refractivity contribution in [3.8, 4) is 22.3 Å². The molecule has 0 spiro atoms. The van der Waals surface area contributed by atoms with Crippen molar-refractivity contribution in [3.05, 3.63) is 168 Å². The van der Waals surface area contributed by atoms with Crippen LogP contribution in [0.3, 0.4) is 0 Å². The fourth-order valence-corrected chi connectivity index (χ4v) is 5.39. The number of hydrogen-bond acceptors (Lipinski definition) is 1. The molecule has 1 aromatic heterocycles. The van der Waals surface area contributed by atoms with E-state index in [0.717, 1.165) is 0 Å². The molecule has 0 bridgehead atoms. The van der Waals surface area contributed by atoms with Gasteiger partial charge in [0.25, 0.3) is 0 Å². The predicted molar refractivity (Wildman–Crippen MR) is 186 cm³/mol.